The number of amides is 1. The summed E-state index contributed by atoms with van der Waals surface area (Å²) >= 11 is 0. The molecule has 2 saturated carbocycles. The van der Waals surface area contributed by atoms with Crippen LogP contribution >= 0.6 is 0 Å². The Hall–Kier alpha value is -3.42. The van der Waals surface area contributed by atoms with Gasteiger partial charge in [-0.1, -0.05) is 19.8 Å². The highest BCUT2D eigenvalue weighted by molar-refractivity contribution is 5.86. The zero-order valence-corrected chi connectivity index (χ0v) is 18.2. The highest BCUT2D eigenvalue weighted by atomic mass is 16.6. The summed E-state index contributed by atoms with van der Waals surface area (Å²) in [4.78, 5) is 22.8. The molecule has 2 aromatic rings. The van der Waals surface area contributed by atoms with Gasteiger partial charge in [0.1, 0.15) is 6.61 Å². The number of methoxy groups -OCH3 is 1. The van der Waals surface area contributed by atoms with Gasteiger partial charge in [0.15, 0.2) is 11.5 Å². The van der Waals surface area contributed by atoms with Crippen molar-refractivity contribution in [2.45, 2.75) is 39.2 Å². The number of hydrazone groups is 1. The van der Waals surface area contributed by atoms with Crippen LogP contribution in [0.25, 0.3) is 0 Å². The lowest BCUT2D eigenvalue weighted by atomic mass is 9.90. The second kappa shape index (κ2) is 8.98. The quantitative estimate of drug-likeness (QED) is 0.373. The third-order valence-electron chi connectivity index (χ3n) is 6.73. The topological polar surface area (TPSA) is 103 Å². The fraction of sp³-hybridized carbons (Fsp3) is 0.417. The van der Waals surface area contributed by atoms with Gasteiger partial charge in [-0.15, -0.1) is 0 Å². The first kappa shape index (κ1) is 21.8. The van der Waals surface area contributed by atoms with Crippen LogP contribution in [0.2, 0.25) is 0 Å². The fourth-order valence-electron chi connectivity index (χ4n) is 4.85. The number of rotatable bonds is 8. The zero-order chi connectivity index (χ0) is 22.7. The number of nitrogens with one attached hydrogen (secondary N) is 1. The Morgan fingerprint density at radius 1 is 1.25 bits per heavy atom. The van der Waals surface area contributed by atoms with Gasteiger partial charge in [0.2, 0.25) is 5.91 Å². The molecule has 0 radical (unpaired) electrons. The Balaban J connectivity index is 1.33. The molecule has 1 amide bonds. The van der Waals surface area contributed by atoms with Crippen LogP contribution in [0.1, 0.15) is 43.7 Å². The van der Waals surface area contributed by atoms with E-state index in [0.717, 1.165) is 24.0 Å². The molecular weight excluding hydrogens is 410 g/mol. The lowest BCUT2D eigenvalue weighted by Crippen LogP contribution is -2.22. The number of nitrogens with zero attached hydrogens (tertiary/aromatic N) is 2. The molecule has 0 unspecified atom stereocenters. The van der Waals surface area contributed by atoms with Crippen molar-refractivity contribution in [1.82, 2.24) is 5.43 Å². The molecule has 2 aromatic carbocycles. The first-order chi connectivity index (χ1) is 15.4. The van der Waals surface area contributed by atoms with E-state index >= 15 is 0 Å². The normalized spacial score (nSPS) is 23.9. The van der Waals surface area contributed by atoms with Gasteiger partial charge in [-0.05, 0) is 65.6 Å². The summed E-state index contributed by atoms with van der Waals surface area (Å²) in [5.41, 5.74) is 4.47. The number of benzene rings is 2. The van der Waals surface area contributed by atoms with Crippen molar-refractivity contribution < 1.29 is 19.2 Å². The molecule has 8 heteroatoms. The van der Waals surface area contributed by atoms with Crippen molar-refractivity contribution >= 4 is 17.8 Å². The van der Waals surface area contributed by atoms with E-state index in [1.807, 2.05) is 6.07 Å². The lowest BCUT2D eigenvalue weighted by Gasteiger charge is -2.15. The standard InChI is InChI=1S/C24H27N3O5/c1-24-12-4-3-5-19(24)22(24)23(28)26-25-14-17-8-11-20(21(13-17)31-2)32-15-16-6-9-18(10-7-16)27(29)30/h6-11,13-14,19,22H,3-5,12,15H2,1-2H3,(H,26,28)/b25-14-/t19-,22+,24+/m0/s1. The number of carbonyl (C=O) groups is 1. The van der Waals surface area contributed by atoms with Crippen LogP contribution in [0.15, 0.2) is 47.6 Å². The van der Waals surface area contributed by atoms with Crippen LogP contribution in [0, 0.1) is 27.4 Å². The maximum Gasteiger partial charge on any atom is 0.269 e. The molecule has 32 heavy (non-hydrogen) atoms. The van der Waals surface area contributed by atoms with Crippen molar-refractivity contribution in [3.63, 3.8) is 0 Å². The van der Waals surface area contributed by atoms with Crippen LogP contribution in [0.4, 0.5) is 5.69 Å². The Morgan fingerprint density at radius 3 is 2.69 bits per heavy atom. The van der Waals surface area contributed by atoms with E-state index in [4.69, 9.17) is 9.47 Å². The first-order valence-corrected chi connectivity index (χ1v) is 10.8. The Labute approximate surface area is 186 Å². The minimum absolute atomic E-state index is 0.00525. The highest BCUT2D eigenvalue weighted by Crippen LogP contribution is 2.66. The van der Waals surface area contributed by atoms with Gasteiger partial charge < -0.3 is 9.47 Å². The number of non-ortho nitro benzene ring substituents is 1. The molecule has 2 aliphatic carbocycles. The molecule has 0 bridgehead atoms. The Bertz CT molecular complexity index is 1040. The van der Waals surface area contributed by atoms with E-state index < -0.39 is 4.92 Å². The minimum Gasteiger partial charge on any atom is -0.493 e. The summed E-state index contributed by atoms with van der Waals surface area (Å²) in [5, 5.41) is 14.9. The van der Waals surface area contributed by atoms with E-state index in [1.165, 1.54) is 25.0 Å². The molecular formula is C24H27N3O5. The van der Waals surface area contributed by atoms with Crippen molar-refractivity contribution in [2.75, 3.05) is 7.11 Å². The molecule has 8 nitrogen and oxygen atoms in total. The third-order valence-corrected chi connectivity index (χ3v) is 6.73. The van der Waals surface area contributed by atoms with Crippen LogP contribution in [0.5, 0.6) is 11.5 Å². The van der Waals surface area contributed by atoms with Crippen molar-refractivity contribution in [2.24, 2.45) is 22.4 Å². The second-order valence-corrected chi connectivity index (χ2v) is 8.69. The fourth-order valence-corrected chi connectivity index (χ4v) is 4.85. The minimum atomic E-state index is -0.436. The number of nitro benzene ring substituents is 1. The second-order valence-electron chi connectivity index (χ2n) is 8.69. The number of fused-ring (bicyclic) bond motifs is 1. The van der Waals surface area contributed by atoms with E-state index in [9.17, 15) is 14.9 Å². The summed E-state index contributed by atoms with van der Waals surface area (Å²) in [6, 6.07) is 11.6. The molecule has 0 heterocycles. The van der Waals surface area contributed by atoms with Crippen LogP contribution in [0.3, 0.4) is 0 Å². The molecule has 1 N–H and O–H groups in total. The molecule has 0 aliphatic heterocycles. The van der Waals surface area contributed by atoms with Crippen LogP contribution < -0.4 is 14.9 Å². The van der Waals surface area contributed by atoms with Gasteiger partial charge in [0.25, 0.3) is 5.69 Å². The van der Waals surface area contributed by atoms with Gasteiger partial charge in [-0.2, -0.15) is 5.10 Å². The highest BCUT2D eigenvalue weighted by Gasteiger charge is 2.64. The molecule has 168 valence electrons. The predicted molar refractivity (Wildman–Crippen MR) is 120 cm³/mol. The number of carbonyl (C=O) groups excluding carboxylic acids is 1. The van der Waals surface area contributed by atoms with E-state index in [2.05, 4.69) is 17.5 Å². The summed E-state index contributed by atoms with van der Waals surface area (Å²) in [5.74, 6) is 1.65. The average molecular weight is 437 g/mol. The summed E-state index contributed by atoms with van der Waals surface area (Å²) in [6.45, 7) is 2.46. The molecule has 0 aromatic heterocycles. The molecule has 0 spiro atoms. The molecule has 0 saturated heterocycles. The Kier molecular flexibility index (Phi) is 6.12. The third kappa shape index (κ3) is 4.44. The van der Waals surface area contributed by atoms with Crippen molar-refractivity contribution in [3.8, 4) is 11.5 Å². The van der Waals surface area contributed by atoms with Crippen LogP contribution in [-0.4, -0.2) is 24.2 Å². The van der Waals surface area contributed by atoms with Gasteiger partial charge in [-0.25, -0.2) is 5.43 Å². The summed E-state index contributed by atoms with van der Waals surface area (Å²) in [7, 11) is 1.55. The van der Waals surface area contributed by atoms with Crippen molar-refractivity contribution in [3.05, 3.63) is 63.7 Å². The largest absolute Gasteiger partial charge is 0.493 e. The summed E-state index contributed by atoms with van der Waals surface area (Å²) < 4.78 is 11.2. The zero-order valence-electron chi connectivity index (χ0n) is 18.2. The van der Waals surface area contributed by atoms with Gasteiger partial charge in [0.05, 0.1) is 18.2 Å². The van der Waals surface area contributed by atoms with Gasteiger partial charge in [0, 0.05) is 18.1 Å². The van der Waals surface area contributed by atoms with E-state index in [1.54, 1.807) is 37.6 Å². The maximum absolute atomic E-state index is 12.5. The van der Waals surface area contributed by atoms with Crippen LogP contribution in [-0.2, 0) is 11.4 Å². The monoisotopic (exact) mass is 437 g/mol. The number of hydrogen-bond donors (Lipinski definition) is 1. The maximum atomic E-state index is 12.5. The van der Waals surface area contributed by atoms with Gasteiger partial charge >= 0.3 is 0 Å². The SMILES string of the molecule is COc1cc(/C=N\NC(=O)[C@H]2[C@@H]3CCCC[C@]32C)ccc1OCc1ccc([N+](=O)[O-])cc1. The summed E-state index contributed by atoms with van der Waals surface area (Å²) in [6.07, 6.45) is 6.27. The number of nitro groups is 1. The van der Waals surface area contributed by atoms with E-state index in [0.29, 0.717) is 17.4 Å². The van der Waals surface area contributed by atoms with Gasteiger partial charge in [-0.3, -0.25) is 14.9 Å². The predicted octanol–water partition coefficient (Wildman–Crippen LogP) is 4.46. The van der Waals surface area contributed by atoms with E-state index in [-0.39, 0.29) is 29.5 Å². The average Bonchev–Trinajstić information content (AvgIpc) is 3.43. The number of ether oxygens (including phenoxy) is 2. The molecule has 2 aliphatic rings. The Morgan fingerprint density at radius 2 is 2.03 bits per heavy atom. The number of hydrogen-bond acceptors (Lipinski definition) is 6. The molecule has 4 rings (SSSR count). The first-order valence-electron chi connectivity index (χ1n) is 10.8. The smallest absolute Gasteiger partial charge is 0.269 e. The molecule has 2 fully saturated rings. The van der Waals surface area contributed by atoms with Crippen molar-refractivity contribution in [1.29, 1.82) is 0 Å². The lowest BCUT2D eigenvalue weighted by molar-refractivity contribution is -0.384. The molecule has 3 atom stereocenters.